The number of hydrogen-bond acceptors (Lipinski definition) is 3. The first kappa shape index (κ1) is 18.2. The van der Waals surface area contributed by atoms with E-state index in [1.807, 2.05) is 37.3 Å². The molecule has 128 valence electrons. The van der Waals surface area contributed by atoms with E-state index in [9.17, 15) is 13.2 Å². The first-order valence-corrected chi connectivity index (χ1v) is 9.31. The number of carbonyl (C=O) groups excluding carboxylic acids is 1. The lowest BCUT2D eigenvalue weighted by atomic mass is 10.2. The predicted molar refractivity (Wildman–Crippen MR) is 93.9 cm³/mol. The van der Waals surface area contributed by atoms with Crippen molar-refractivity contribution in [2.24, 2.45) is 0 Å². The summed E-state index contributed by atoms with van der Waals surface area (Å²) in [6.45, 7) is 4.02. The summed E-state index contributed by atoms with van der Waals surface area (Å²) < 4.78 is 27.3. The molecule has 0 bridgehead atoms. The van der Waals surface area contributed by atoms with Crippen molar-refractivity contribution in [2.75, 3.05) is 0 Å². The Bertz CT molecular complexity index is 772. The smallest absolute Gasteiger partial charge is 0.241 e. The third-order valence-electron chi connectivity index (χ3n) is 3.66. The van der Waals surface area contributed by atoms with Crippen LogP contribution in [-0.2, 0) is 21.4 Å². The Kier molecular flexibility index (Phi) is 6.11. The molecule has 6 heteroatoms. The molecule has 0 aliphatic heterocycles. The second kappa shape index (κ2) is 8.08. The van der Waals surface area contributed by atoms with Crippen LogP contribution in [0.5, 0.6) is 0 Å². The number of benzene rings is 2. The van der Waals surface area contributed by atoms with Crippen LogP contribution in [0.15, 0.2) is 59.5 Å². The summed E-state index contributed by atoms with van der Waals surface area (Å²) in [6.07, 6.45) is 0.367. The minimum atomic E-state index is -3.73. The average molecular weight is 346 g/mol. The molecule has 2 aromatic rings. The molecule has 5 nitrogen and oxygen atoms in total. The number of carbonyl (C=O) groups is 1. The van der Waals surface area contributed by atoms with Crippen LogP contribution in [-0.4, -0.2) is 20.4 Å². The van der Waals surface area contributed by atoms with Crippen LogP contribution in [0.25, 0.3) is 0 Å². The van der Waals surface area contributed by atoms with Gasteiger partial charge >= 0.3 is 0 Å². The third-order valence-corrected chi connectivity index (χ3v) is 5.15. The Morgan fingerprint density at radius 2 is 1.67 bits per heavy atom. The van der Waals surface area contributed by atoms with Crippen molar-refractivity contribution in [3.8, 4) is 0 Å². The molecular weight excluding hydrogens is 324 g/mol. The summed E-state index contributed by atoms with van der Waals surface area (Å²) in [4.78, 5) is 12.4. The molecular formula is C18H22N2O3S. The lowest BCUT2D eigenvalue weighted by molar-refractivity contribution is -0.122. The topological polar surface area (TPSA) is 75.3 Å². The lowest BCUT2D eigenvalue weighted by Crippen LogP contribution is -2.46. The minimum Gasteiger partial charge on any atom is -0.351 e. The maximum Gasteiger partial charge on any atom is 0.241 e. The number of aryl methyl sites for hydroxylation is 1. The Morgan fingerprint density at radius 1 is 1.04 bits per heavy atom. The van der Waals surface area contributed by atoms with E-state index in [0.717, 1.165) is 11.1 Å². The highest BCUT2D eigenvalue weighted by Crippen LogP contribution is 2.11. The molecule has 2 rings (SSSR count). The number of rotatable bonds is 7. The van der Waals surface area contributed by atoms with E-state index >= 15 is 0 Å². The standard InChI is InChI=1S/C18H22N2O3S/c1-3-17(18(21)19-13-15-7-5-4-6-8-15)20-24(22,23)16-11-9-14(2)10-12-16/h4-12,17,20H,3,13H2,1-2H3,(H,19,21)/t17-/m0/s1. The molecule has 0 spiro atoms. The molecule has 0 aromatic heterocycles. The number of sulfonamides is 1. The summed E-state index contributed by atoms with van der Waals surface area (Å²) >= 11 is 0. The van der Waals surface area contributed by atoms with Gasteiger partial charge in [-0.25, -0.2) is 8.42 Å². The van der Waals surface area contributed by atoms with Crippen LogP contribution >= 0.6 is 0 Å². The summed E-state index contributed by atoms with van der Waals surface area (Å²) in [5.41, 5.74) is 1.93. The molecule has 2 aromatic carbocycles. The van der Waals surface area contributed by atoms with E-state index in [4.69, 9.17) is 0 Å². The summed E-state index contributed by atoms with van der Waals surface area (Å²) in [6, 6.07) is 15.2. The molecule has 0 aliphatic carbocycles. The average Bonchev–Trinajstić information content (AvgIpc) is 2.59. The van der Waals surface area contributed by atoms with Crippen molar-refractivity contribution in [1.29, 1.82) is 0 Å². The van der Waals surface area contributed by atoms with Crippen LogP contribution in [0.2, 0.25) is 0 Å². The van der Waals surface area contributed by atoms with E-state index in [2.05, 4.69) is 10.0 Å². The molecule has 0 radical (unpaired) electrons. The lowest BCUT2D eigenvalue weighted by Gasteiger charge is -2.17. The first-order valence-electron chi connectivity index (χ1n) is 7.83. The van der Waals surface area contributed by atoms with E-state index in [0.29, 0.717) is 13.0 Å². The molecule has 0 saturated heterocycles. The Morgan fingerprint density at radius 3 is 2.25 bits per heavy atom. The highest BCUT2D eigenvalue weighted by Gasteiger charge is 2.24. The van der Waals surface area contributed by atoms with Crippen LogP contribution in [0.1, 0.15) is 24.5 Å². The molecule has 1 amide bonds. The van der Waals surface area contributed by atoms with Crippen molar-refractivity contribution in [3.63, 3.8) is 0 Å². The van der Waals surface area contributed by atoms with Gasteiger partial charge in [-0.05, 0) is 31.0 Å². The predicted octanol–water partition coefficient (Wildman–Crippen LogP) is 2.37. The van der Waals surface area contributed by atoms with Gasteiger partial charge in [0.1, 0.15) is 6.04 Å². The van der Waals surface area contributed by atoms with E-state index in [1.165, 1.54) is 12.1 Å². The van der Waals surface area contributed by atoms with Crippen molar-refractivity contribution in [1.82, 2.24) is 10.0 Å². The van der Waals surface area contributed by atoms with Gasteiger partial charge in [-0.1, -0.05) is 55.0 Å². The zero-order valence-electron chi connectivity index (χ0n) is 13.8. The van der Waals surface area contributed by atoms with Gasteiger partial charge in [0.15, 0.2) is 0 Å². The van der Waals surface area contributed by atoms with Gasteiger partial charge in [-0.2, -0.15) is 4.72 Å². The summed E-state index contributed by atoms with van der Waals surface area (Å²) in [7, 11) is -3.73. The maximum atomic E-state index is 12.4. The number of nitrogens with one attached hydrogen (secondary N) is 2. The van der Waals surface area contributed by atoms with Gasteiger partial charge in [-0.15, -0.1) is 0 Å². The molecule has 2 N–H and O–H groups in total. The van der Waals surface area contributed by atoms with Crippen LogP contribution < -0.4 is 10.0 Å². The fraction of sp³-hybridized carbons (Fsp3) is 0.278. The quantitative estimate of drug-likeness (QED) is 0.808. The normalized spacial score (nSPS) is 12.6. The fourth-order valence-electron chi connectivity index (χ4n) is 2.20. The van der Waals surface area contributed by atoms with Gasteiger partial charge in [0.2, 0.25) is 15.9 Å². The zero-order valence-corrected chi connectivity index (χ0v) is 14.6. The molecule has 0 heterocycles. The Balaban J connectivity index is 2.02. The highest BCUT2D eigenvalue weighted by atomic mass is 32.2. The SMILES string of the molecule is CC[C@H](NS(=O)(=O)c1ccc(C)cc1)C(=O)NCc1ccccc1. The van der Waals surface area contributed by atoms with Crippen molar-refractivity contribution in [3.05, 3.63) is 65.7 Å². The van der Waals surface area contributed by atoms with Gasteiger partial charge in [0, 0.05) is 6.54 Å². The van der Waals surface area contributed by atoms with E-state index in [1.54, 1.807) is 19.1 Å². The minimum absolute atomic E-state index is 0.155. The molecule has 1 atom stereocenters. The molecule has 0 unspecified atom stereocenters. The number of amides is 1. The van der Waals surface area contributed by atoms with Gasteiger partial charge in [0.25, 0.3) is 0 Å². The maximum absolute atomic E-state index is 12.4. The highest BCUT2D eigenvalue weighted by molar-refractivity contribution is 7.89. The van der Waals surface area contributed by atoms with Gasteiger partial charge in [0.05, 0.1) is 4.90 Å². The monoisotopic (exact) mass is 346 g/mol. The second-order valence-corrected chi connectivity index (χ2v) is 7.31. The third kappa shape index (κ3) is 4.91. The van der Waals surface area contributed by atoms with Gasteiger partial charge < -0.3 is 5.32 Å². The summed E-state index contributed by atoms with van der Waals surface area (Å²) in [5, 5.41) is 2.77. The second-order valence-electron chi connectivity index (χ2n) is 5.60. The van der Waals surface area contributed by atoms with Crippen LogP contribution in [0.4, 0.5) is 0 Å². The largest absolute Gasteiger partial charge is 0.351 e. The fourth-order valence-corrected chi connectivity index (χ4v) is 3.48. The molecule has 0 aliphatic rings. The van der Waals surface area contributed by atoms with Crippen molar-refractivity contribution in [2.45, 2.75) is 37.8 Å². The molecule has 24 heavy (non-hydrogen) atoms. The van der Waals surface area contributed by atoms with Crippen molar-refractivity contribution >= 4 is 15.9 Å². The summed E-state index contributed by atoms with van der Waals surface area (Å²) in [5.74, 6) is -0.336. The van der Waals surface area contributed by atoms with Crippen LogP contribution in [0, 0.1) is 6.92 Å². The van der Waals surface area contributed by atoms with Crippen LogP contribution in [0.3, 0.4) is 0 Å². The Labute approximate surface area is 143 Å². The molecule has 0 fully saturated rings. The van der Waals surface area contributed by atoms with E-state index in [-0.39, 0.29) is 10.8 Å². The van der Waals surface area contributed by atoms with E-state index < -0.39 is 16.1 Å². The zero-order chi connectivity index (χ0) is 17.6. The van der Waals surface area contributed by atoms with Gasteiger partial charge in [-0.3, -0.25) is 4.79 Å². The Hall–Kier alpha value is -2.18. The first-order chi connectivity index (χ1) is 11.4. The number of hydrogen-bond donors (Lipinski definition) is 2. The molecule has 0 saturated carbocycles. The van der Waals surface area contributed by atoms with Crippen molar-refractivity contribution < 1.29 is 13.2 Å².